The largest absolute Gasteiger partial charge is 0.385 e. The highest BCUT2D eigenvalue weighted by atomic mass is 19.1. The molecule has 130 valence electrons. The molecule has 2 aromatic rings. The van der Waals surface area contributed by atoms with Crippen LogP contribution in [0.5, 0.6) is 0 Å². The number of aliphatic hydroxyl groups is 1. The lowest BCUT2D eigenvalue weighted by Crippen LogP contribution is -2.52. The van der Waals surface area contributed by atoms with E-state index in [0.29, 0.717) is 24.0 Å². The van der Waals surface area contributed by atoms with Crippen molar-refractivity contribution < 1.29 is 18.7 Å². The molecule has 2 atom stereocenters. The summed E-state index contributed by atoms with van der Waals surface area (Å²) < 4.78 is 27.3. The van der Waals surface area contributed by atoms with Crippen LogP contribution < -0.4 is 0 Å². The van der Waals surface area contributed by atoms with Crippen LogP contribution in [0.4, 0.5) is 8.78 Å². The minimum Gasteiger partial charge on any atom is -0.385 e. The molecule has 0 aliphatic carbocycles. The summed E-state index contributed by atoms with van der Waals surface area (Å²) in [7, 11) is 0. The lowest BCUT2D eigenvalue weighted by molar-refractivity contribution is -0.0500. The fourth-order valence-electron chi connectivity index (χ4n) is 4.36. The highest BCUT2D eigenvalue weighted by Crippen LogP contribution is 2.46. The summed E-state index contributed by atoms with van der Waals surface area (Å²) >= 11 is 0. The Balaban J connectivity index is 1.61. The first kappa shape index (κ1) is 16.2. The van der Waals surface area contributed by atoms with Crippen LogP contribution in [0.1, 0.15) is 41.6 Å². The Morgan fingerprint density at radius 1 is 1.00 bits per heavy atom. The lowest BCUT2D eigenvalue weighted by atomic mass is 9.80. The van der Waals surface area contributed by atoms with E-state index in [9.17, 15) is 18.7 Å². The highest BCUT2D eigenvalue weighted by Gasteiger charge is 2.50. The van der Waals surface area contributed by atoms with Gasteiger partial charge in [0.15, 0.2) is 0 Å². The third-order valence-electron chi connectivity index (χ3n) is 5.47. The van der Waals surface area contributed by atoms with E-state index in [4.69, 9.17) is 0 Å². The van der Waals surface area contributed by atoms with E-state index in [0.717, 1.165) is 12.8 Å². The van der Waals surface area contributed by atoms with Crippen LogP contribution in [0.15, 0.2) is 48.5 Å². The maximum absolute atomic E-state index is 14.2. The van der Waals surface area contributed by atoms with Crippen LogP contribution in [0.25, 0.3) is 0 Å². The first-order valence-corrected chi connectivity index (χ1v) is 8.53. The lowest BCUT2D eigenvalue weighted by Gasteiger charge is -2.44. The monoisotopic (exact) mass is 343 g/mol. The zero-order valence-corrected chi connectivity index (χ0v) is 13.7. The van der Waals surface area contributed by atoms with E-state index in [2.05, 4.69) is 0 Å². The molecule has 0 spiro atoms. The predicted molar refractivity (Wildman–Crippen MR) is 88.9 cm³/mol. The Hall–Kier alpha value is -2.27. The molecule has 0 unspecified atom stereocenters. The molecule has 0 radical (unpaired) electrons. The van der Waals surface area contributed by atoms with Crippen molar-refractivity contribution in [3.63, 3.8) is 0 Å². The molecular formula is C20H19F2NO2. The number of piperidine rings is 1. The summed E-state index contributed by atoms with van der Waals surface area (Å²) in [6.45, 7) is 0. The molecule has 3 nitrogen and oxygen atoms in total. The molecule has 2 aliphatic heterocycles. The van der Waals surface area contributed by atoms with Crippen molar-refractivity contribution >= 4 is 5.91 Å². The maximum Gasteiger partial charge on any atom is 0.254 e. The topological polar surface area (TPSA) is 40.5 Å². The summed E-state index contributed by atoms with van der Waals surface area (Å²) in [6, 6.07) is 11.5. The molecule has 4 rings (SSSR count). The number of fused-ring (bicyclic) bond motifs is 2. The standard InChI is InChI=1S/C20H19F2NO2/c21-14-7-5-13(6-8-14)19(24)23-15-9-10-16(23)12-20(25,11-15)17-3-1-2-4-18(17)22/h1-8,15-16,25H,9-12H2/t15-,16-/m1/s1. The highest BCUT2D eigenvalue weighted by molar-refractivity contribution is 5.95. The molecule has 5 heteroatoms. The number of rotatable bonds is 2. The second-order valence-corrected chi connectivity index (χ2v) is 7.02. The number of halogens is 2. The van der Waals surface area contributed by atoms with Crippen molar-refractivity contribution in [2.24, 2.45) is 0 Å². The van der Waals surface area contributed by atoms with Gasteiger partial charge in [-0.05, 0) is 43.2 Å². The van der Waals surface area contributed by atoms with Crippen LogP contribution in [-0.4, -0.2) is 28.0 Å². The first-order valence-electron chi connectivity index (χ1n) is 8.53. The Bertz CT molecular complexity index is 792. The van der Waals surface area contributed by atoms with E-state index in [1.165, 1.54) is 30.3 Å². The third kappa shape index (κ3) is 2.72. The van der Waals surface area contributed by atoms with Gasteiger partial charge in [-0.25, -0.2) is 8.78 Å². The van der Waals surface area contributed by atoms with Crippen molar-refractivity contribution in [3.8, 4) is 0 Å². The predicted octanol–water partition coefficient (Wildman–Crippen LogP) is 3.62. The van der Waals surface area contributed by atoms with Crippen LogP contribution >= 0.6 is 0 Å². The Morgan fingerprint density at radius 2 is 1.60 bits per heavy atom. The number of nitrogens with zero attached hydrogens (tertiary/aromatic N) is 1. The Labute approximate surface area is 144 Å². The van der Waals surface area contributed by atoms with E-state index in [1.54, 1.807) is 23.1 Å². The molecule has 2 fully saturated rings. The maximum atomic E-state index is 14.2. The molecule has 2 heterocycles. The van der Waals surface area contributed by atoms with Crippen LogP contribution in [0, 0.1) is 11.6 Å². The van der Waals surface area contributed by atoms with Gasteiger partial charge in [0, 0.05) is 36.1 Å². The zero-order valence-electron chi connectivity index (χ0n) is 13.7. The number of carbonyl (C=O) groups is 1. The number of benzene rings is 2. The van der Waals surface area contributed by atoms with Gasteiger partial charge >= 0.3 is 0 Å². The fourth-order valence-corrected chi connectivity index (χ4v) is 4.36. The van der Waals surface area contributed by atoms with Gasteiger partial charge < -0.3 is 10.0 Å². The fraction of sp³-hybridized carbons (Fsp3) is 0.350. The summed E-state index contributed by atoms with van der Waals surface area (Å²) in [5.41, 5.74) is -0.507. The van der Waals surface area contributed by atoms with Gasteiger partial charge in [0.1, 0.15) is 11.6 Å². The van der Waals surface area contributed by atoms with Crippen molar-refractivity contribution in [1.29, 1.82) is 0 Å². The summed E-state index contributed by atoms with van der Waals surface area (Å²) in [4.78, 5) is 14.6. The van der Waals surface area contributed by atoms with Gasteiger partial charge in [-0.3, -0.25) is 4.79 Å². The number of hydrogen-bond acceptors (Lipinski definition) is 2. The summed E-state index contributed by atoms with van der Waals surface area (Å²) in [5, 5.41) is 11.1. The minimum absolute atomic E-state index is 0.138. The summed E-state index contributed by atoms with van der Waals surface area (Å²) in [5.74, 6) is -0.946. The average molecular weight is 343 g/mol. The molecule has 2 aliphatic rings. The van der Waals surface area contributed by atoms with Gasteiger partial charge in [0.25, 0.3) is 5.91 Å². The Morgan fingerprint density at radius 3 is 2.20 bits per heavy atom. The van der Waals surface area contributed by atoms with Crippen molar-refractivity contribution in [3.05, 3.63) is 71.3 Å². The van der Waals surface area contributed by atoms with Gasteiger partial charge in [-0.2, -0.15) is 0 Å². The van der Waals surface area contributed by atoms with Gasteiger partial charge in [0.2, 0.25) is 0 Å². The van der Waals surface area contributed by atoms with E-state index >= 15 is 0 Å². The molecule has 0 saturated carbocycles. The molecule has 2 aromatic carbocycles. The summed E-state index contributed by atoms with van der Waals surface area (Å²) in [6.07, 6.45) is 2.21. The van der Waals surface area contributed by atoms with Gasteiger partial charge in [0.05, 0.1) is 5.60 Å². The Kier molecular flexibility index (Phi) is 3.84. The van der Waals surface area contributed by atoms with Crippen molar-refractivity contribution in [1.82, 2.24) is 4.90 Å². The first-order chi connectivity index (χ1) is 12.0. The molecule has 1 amide bonds. The number of amides is 1. The molecule has 2 bridgehead atoms. The minimum atomic E-state index is -1.25. The quantitative estimate of drug-likeness (QED) is 0.905. The van der Waals surface area contributed by atoms with Crippen molar-refractivity contribution in [2.75, 3.05) is 0 Å². The second kappa shape index (κ2) is 5.92. The van der Waals surface area contributed by atoms with Crippen LogP contribution in [0.3, 0.4) is 0 Å². The SMILES string of the molecule is O=C(c1ccc(F)cc1)N1[C@@H]2CC[C@@H]1CC(O)(c1ccccc1F)C2. The average Bonchev–Trinajstić information content (AvgIpc) is 2.87. The van der Waals surface area contributed by atoms with Crippen LogP contribution in [0.2, 0.25) is 0 Å². The third-order valence-corrected chi connectivity index (χ3v) is 5.47. The van der Waals surface area contributed by atoms with Gasteiger partial charge in [-0.1, -0.05) is 18.2 Å². The van der Waals surface area contributed by atoms with Gasteiger partial charge in [-0.15, -0.1) is 0 Å². The normalized spacial score (nSPS) is 28.2. The van der Waals surface area contributed by atoms with Crippen LogP contribution in [-0.2, 0) is 5.60 Å². The zero-order chi connectivity index (χ0) is 17.6. The van der Waals surface area contributed by atoms with E-state index in [-0.39, 0.29) is 23.8 Å². The molecule has 0 aromatic heterocycles. The number of hydrogen-bond donors (Lipinski definition) is 1. The second-order valence-electron chi connectivity index (χ2n) is 7.02. The molecule has 25 heavy (non-hydrogen) atoms. The molecule has 2 saturated heterocycles. The number of carbonyl (C=O) groups excluding carboxylic acids is 1. The van der Waals surface area contributed by atoms with E-state index in [1.807, 2.05) is 0 Å². The van der Waals surface area contributed by atoms with Crippen molar-refractivity contribution in [2.45, 2.75) is 43.4 Å². The van der Waals surface area contributed by atoms with E-state index < -0.39 is 11.4 Å². The smallest absolute Gasteiger partial charge is 0.254 e. The molecular weight excluding hydrogens is 324 g/mol. The molecule has 1 N–H and O–H groups in total.